The van der Waals surface area contributed by atoms with Crippen molar-refractivity contribution in [2.75, 3.05) is 0 Å². The molecule has 1 fully saturated rings. The van der Waals surface area contributed by atoms with Crippen molar-refractivity contribution in [3.63, 3.8) is 0 Å². The van der Waals surface area contributed by atoms with E-state index in [1.165, 1.54) is 6.42 Å². The molecule has 0 unspecified atom stereocenters. The summed E-state index contributed by atoms with van der Waals surface area (Å²) in [5.74, 6) is -0.364. The highest BCUT2D eigenvalue weighted by Crippen LogP contribution is 2.32. The molecule has 0 bridgehead atoms. The van der Waals surface area contributed by atoms with Crippen LogP contribution >= 0.6 is 0 Å². The van der Waals surface area contributed by atoms with Gasteiger partial charge in [-0.25, -0.2) is 14.6 Å². The summed E-state index contributed by atoms with van der Waals surface area (Å²) in [6, 6.07) is 19.5. The molecule has 220 valence electrons. The fraction of sp³-hybridized carbons (Fsp3) is 0.400. The fourth-order valence-electron chi connectivity index (χ4n) is 5.59. The summed E-state index contributed by atoms with van der Waals surface area (Å²) in [5, 5.41) is 3.10. The number of alkyl carbamates (subject to hydrolysis) is 1. The Morgan fingerprint density at radius 3 is 2.40 bits per heavy atom. The van der Waals surface area contributed by atoms with Crippen molar-refractivity contribution in [3.05, 3.63) is 94.9 Å². The minimum absolute atomic E-state index is 0.136. The largest absolute Gasteiger partial charge is 0.456 e. The van der Waals surface area contributed by atoms with E-state index in [0.717, 1.165) is 71.4 Å². The number of aryl methyl sites for hydroxylation is 2. The normalized spacial score (nSPS) is 14.9. The molecule has 1 aliphatic rings. The number of rotatable bonds is 7. The topological polar surface area (TPSA) is 81.9 Å². The first kappa shape index (κ1) is 29.4. The maximum absolute atomic E-state index is 13.2. The number of aromatic nitrogens is 2. The van der Waals surface area contributed by atoms with Gasteiger partial charge in [0.15, 0.2) is 6.10 Å². The predicted molar refractivity (Wildman–Crippen MR) is 165 cm³/mol. The van der Waals surface area contributed by atoms with Gasteiger partial charge in [0.1, 0.15) is 11.2 Å². The Labute approximate surface area is 248 Å². The van der Waals surface area contributed by atoms with Crippen LogP contribution in [0.1, 0.15) is 98.8 Å². The first-order valence-electron chi connectivity index (χ1n) is 15.0. The Hall–Kier alpha value is -4.13. The van der Waals surface area contributed by atoms with E-state index in [2.05, 4.69) is 12.2 Å². The van der Waals surface area contributed by atoms with Crippen molar-refractivity contribution < 1.29 is 19.1 Å². The number of hydrogen-bond donors (Lipinski definition) is 1. The van der Waals surface area contributed by atoms with Gasteiger partial charge in [0.05, 0.1) is 17.0 Å². The number of carbonyl (C=O) groups excluding carboxylic acids is 2. The number of carbonyl (C=O) groups is 2. The lowest BCUT2D eigenvalue weighted by Crippen LogP contribution is -2.37. The molecule has 1 aliphatic carbocycles. The van der Waals surface area contributed by atoms with Crippen LogP contribution in [0.3, 0.4) is 0 Å². The number of nitrogens with one attached hydrogen (secondary N) is 1. The second-order valence-electron chi connectivity index (χ2n) is 12.2. The van der Waals surface area contributed by atoms with E-state index >= 15 is 0 Å². The Kier molecular flexibility index (Phi) is 8.66. The average Bonchev–Trinajstić information content (AvgIpc) is 3.42. The number of ether oxygens (including phenoxy) is 2. The number of esters is 1. The van der Waals surface area contributed by atoms with Crippen LogP contribution in [0.4, 0.5) is 4.79 Å². The van der Waals surface area contributed by atoms with Crippen molar-refractivity contribution in [2.45, 2.75) is 90.9 Å². The highest BCUT2D eigenvalue weighted by molar-refractivity contribution is 5.97. The third kappa shape index (κ3) is 6.67. The molecule has 1 N–H and O–H groups in total. The van der Waals surface area contributed by atoms with Crippen LogP contribution < -0.4 is 5.32 Å². The second kappa shape index (κ2) is 12.4. The van der Waals surface area contributed by atoms with Crippen LogP contribution in [0, 0.1) is 6.92 Å². The fourth-order valence-corrected chi connectivity index (χ4v) is 5.59. The van der Waals surface area contributed by atoms with E-state index in [0.29, 0.717) is 5.56 Å². The molecular weight excluding hydrogens is 526 g/mol. The summed E-state index contributed by atoms with van der Waals surface area (Å²) in [4.78, 5) is 31.0. The van der Waals surface area contributed by atoms with Crippen molar-refractivity contribution in [2.24, 2.45) is 0 Å². The van der Waals surface area contributed by atoms with E-state index < -0.39 is 17.8 Å². The zero-order chi connectivity index (χ0) is 29.9. The smallest absolute Gasteiger partial charge is 0.408 e. The van der Waals surface area contributed by atoms with E-state index in [1.54, 1.807) is 6.07 Å². The lowest BCUT2D eigenvalue weighted by molar-refractivity contribution is 0.00703. The van der Waals surface area contributed by atoms with Gasteiger partial charge in [-0.05, 0) is 81.3 Å². The van der Waals surface area contributed by atoms with Crippen LogP contribution in [-0.4, -0.2) is 33.1 Å². The Morgan fingerprint density at radius 1 is 1.00 bits per heavy atom. The minimum atomic E-state index is -0.661. The van der Waals surface area contributed by atoms with Crippen LogP contribution in [0.25, 0.3) is 16.8 Å². The third-order valence-corrected chi connectivity index (χ3v) is 7.74. The maximum Gasteiger partial charge on any atom is 0.408 e. The standard InChI is InChI=1S/C35H41N3O4/c1-6-26-22-38-30(21-16-23(2)32(38)36-26)31(41-34(40)37-27-12-8-7-9-13-27)25-19-17-24(18-20-25)28-14-10-11-15-29(28)33(39)42-35(3,4)5/h10-11,14-22,27,31H,6-9,12-13H2,1-5H3,(H,37,40)/t31-/m1/s1. The monoisotopic (exact) mass is 567 g/mol. The first-order chi connectivity index (χ1) is 20.1. The Bertz CT molecular complexity index is 1560. The second-order valence-corrected chi connectivity index (χ2v) is 12.2. The van der Waals surface area contributed by atoms with E-state index in [-0.39, 0.29) is 12.0 Å². The van der Waals surface area contributed by atoms with Gasteiger partial charge in [0.2, 0.25) is 0 Å². The molecule has 1 amide bonds. The van der Waals surface area contributed by atoms with Gasteiger partial charge in [-0.2, -0.15) is 0 Å². The van der Waals surface area contributed by atoms with Gasteiger partial charge >= 0.3 is 12.1 Å². The number of amides is 1. The molecule has 7 nitrogen and oxygen atoms in total. The van der Waals surface area contributed by atoms with Crippen molar-refractivity contribution in [1.82, 2.24) is 14.7 Å². The van der Waals surface area contributed by atoms with Gasteiger partial charge in [0, 0.05) is 12.2 Å². The van der Waals surface area contributed by atoms with Crippen LogP contribution in [0.5, 0.6) is 0 Å². The molecular formula is C35H41N3O4. The SMILES string of the molecule is CCc1cn2c([C@H](OC(=O)NC3CCCCC3)c3ccc(-c4ccccc4C(=O)OC(C)(C)C)cc3)ccc(C)c2n1. The number of pyridine rings is 1. The molecule has 2 heterocycles. The summed E-state index contributed by atoms with van der Waals surface area (Å²) in [6.45, 7) is 9.69. The summed E-state index contributed by atoms with van der Waals surface area (Å²) < 4.78 is 13.9. The number of nitrogens with zero attached hydrogens (tertiary/aromatic N) is 2. The summed E-state index contributed by atoms with van der Waals surface area (Å²) in [5.41, 5.74) is 6.09. The molecule has 4 aromatic rings. The van der Waals surface area contributed by atoms with Gasteiger partial charge in [-0.15, -0.1) is 0 Å². The van der Waals surface area contributed by atoms with E-state index in [9.17, 15) is 9.59 Å². The summed E-state index contributed by atoms with van der Waals surface area (Å²) in [7, 11) is 0. The number of benzene rings is 2. The van der Waals surface area contributed by atoms with E-state index in [1.807, 2.05) is 92.9 Å². The molecule has 0 spiro atoms. The van der Waals surface area contributed by atoms with Crippen molar-refractivity contribution >= 4 is 17.7 Å². The molecule has 1 saturated carbocycles. The van der Waals surface area contributed by atoms with Gasteiger partial charge in [-0.3, -0.25) is 4.40 Å². The Morgan fingerprint density at radius 2 is 1.71 bits per heavy atom. The van der Waals surface area contributed by atoms with Crippen molar-refractivity contribution in [1.29, 1.82) is 0 Å². The predicted octanol–water partition coefficient (Wildman–Crippen LogP) is 7.98. The average molecular weight is 568 g/mol. The van der Waals surface area contributed by atoms with Crippen LogP contribution in [-0.2, 0) is 15.9 Å². The molecule has 7 heteroatoms. The molecule has 42 heavy (non-hydrogen) atoms. The molecule has 2 aromatic heterocycles. The van der Waals surface area contributed by atoms with Gasteiger partial charge in [0.25, 0.3) is 0 Å². The van der Waals surface area contributed by atoms with Crippen LogP contribution in [0.15, 0.2) is 66.9 Å². The zero-order valence-corrected chi connectivity index (χ0v) is 25.3. The van der Waals surface area contributed by atoms with Crippen LogP contribution in [0.2, 0.25) is 0 Å². The lowest BCUT2D eigenvalue weighted by atomic mass is 9.96. The minimum Gasteiger partial charge on any atom is -0.456 e. The molecule has 5 rings (SSSR count). The lowest BCUT2D eigenvalue weighted by Gasteiger charge is -2.25. The Balaban J connectivity index is 1.51. The highest BCUT2D eigenvalue weighted by atomic mass is 16.6. The number of hydrogen-bond acceptors (Lipinski definition) is 5. The number of fused-ring (bicyclic) bond motifs is 1. The molecule has 0 radical (unpaired) electrons. The maximum atomic E-state index is 13.2. The third-order valence-electron chi connectivity index (χ3n) is 7.74. The molecule has 0 saturated heterocycles. The van der Waals surface area contributed by atoms with Gasteiger partial charge < -0.3 is 14.8 Å². The number of imidazole rings is 1. The summed E-state index contributed by atoms with van der Waals surface area (Å²) in [6.07, 6.45) is 7.15. The van der Waals surface area contributed by atoms with Crippen molar-refractivity contribution in [3.8, 4) is 11.1 Å². The quantitative estimate of drug-likeness (QED) is 0.229. The van der Waals surface area contributed by atoms with E-state index in [4.69, 9.17) is 14.5 Å². The molecule has 2 aromatic carbocycles. The summed E-state index contributed by atoms with van der Waals surface area (Å²) >= 11 is 0. The molecule has 1 atom stereocenters. The van der Waals surface area contributed by atoms with Gasteiger partial charge in [-0.1, -0.05) is 74.7 Å². The highest BCUT2D eigenvalue weighted by Gasteiger charge is 2.26. The molecule has 0 aliphatic heterocycles. The first-order valence-corrected chi connectivity index (χ1v) is 15.0. The zero-order valence-electron chi connectivity index (χ0n) is 25.3.